The molecule has 102 valence electrons. The number of benzene rings is 1. The van der Waals surface area contributed by atoms with E-state index in [-0.39, 0.29) is 0 Å². The lowest BCUT2D eigenvalue weighted by Crippen LogP contribution is -2.05. The number of aryl methyl sites for hydroxylation is 2. The Morgan fingerprint density at radius 1 is 1.25 bits per heavy atom. The van der Waals surface area contributed by atoms with Gasteiger partial charge < -0.3 is 9.88 Å². The van der Waals surface area contributed by atoms with Crippen LogP contribution in [0.3, 0.4) is 0 Å². The molecule has 0 unspecified atom stereocenters. The lowest BCUT2D eigenvalue weighted by Gasteiger charge is -2.11. The van der Waals surface area contributed by atoms with Crippen LogP contribution >= 0.6 is 0 Å². The van der Waals surface area contributed by atoms with Crippen molar-refractivity contribution in [3.63, 3.8) is 0 Å². The second-order valence-electron chi connectivity index (χ2n) is 4.72. The quantitative estimate of drug-likeness (QED) is 0.785. The summed E-state index contributed by atoms with van der Waals surface area (Å²) in [4.78, 5) is 0. The van der Waals surface area contributed by atoms with Crippen LogP contribution in [-0.2, 0) is 13.6 Å². The molecule has 1 aromatic carbocycles. The molecule has 1 N–H and O–H groups in total. The third kappa shape index (κ3) is 2.40. The summed E-state index contributed by atoms with van der Waals surface area (Å²) in [5.41, 5.74) is 4.38. The van der Waals surface area contributed by atoms with Crippen molar-refractivity contribution in [2.75, 3.05) is 5.32 Å². The van der Waals surface area contributed by atoms with Crippen molar-refractivity contribution in [2.45, 2.75) is 13.5 Å². The Bertz CT molecular complexity index is 698. The molecule has 3 aromatic rings. The van der Waals surface area contributed by atoms with Gasteiger partial charge in [0.15, 0.2) is 0 Å². The molecule has 6 heteroatoms. The van der Waals surface area contributed by atoms with Gasteiger partial charge in [-0.3, -0.25) is 0 Å². The summed E-state index contributed by atoms with van der Waals surface area (Å²) in [6.45, 7) is 2.82. The zero-order chi connectivity index (χ0) is 13.9. The predicted octanol–water partition coefficient (Wildman–Crippen LogP) is 1.92. The molecule has 3 rings (SSSR count). The first kappa shape index (κ1) is 12.4. The summed E-state index contributed by atoms with van der Waals surface area (Å²) < 4.78 is 3.77. The van der Waals surface area contributed by atoms with Gasteiger partial charge in [0.2, 0.25) is 0 Å². The second-order valence-corrected chi connectivity index (χ2v) is 4.72. The first-order valence-corrected chi connectivity index (χ1v) is 6.42. The number of nitrogens with zero attached hydrogens (tertiary/aromatic N) is 5. The number of hydrogen-bond donors (Lipinski definition) is 1. The standard InChI is InChI=1S/C14H16N6/c1-11-5-6-12(8-14(11)20-10-16-17-18-20)15-9-13-4-3-7-19(13)2/h3-8,10,15H,9H2,1-2H3. The maximum Gasteiger partial charge on any atom is 0.143 e. The highest BCUT2D eigenvalue weighted by atomic mass is 15.5. The fraction of sp³-hybridized carbons (Fsp3) is 0.214. The maximum absolute atomic E-state index is 3.94. The molecule has 0 amide bonds. The van der Waals surface area contributed by atoms with Gasteiger partial charge >= 0.3 is 0 Å². The lowest BCUT2D eigenvalue weighted by atomic mass is 10.2. The molecule has 0 fully saturated rings. The van der Waals surface area contributed by atoms with Gasteiger partial charge in [0.05, 0.1) is 12.2 Å². The highest BCUT2D eigenvalue weighted by Gasteiger charge is 2.04. The van der Waals surface area contributed by atoms with Crippen LogP contribution in [0.5, 0.6) is 0 Å². The molecule has 0 saturated carbocycles. The summed E-state index contributed by atoms with van der Waals surface area (Å²) in [5.74, 6) is 0. The van der Waals surface area contributed by atoms with Gasteiger partial charge in [0.25, 0.3) is 0 Å². The predicted molar refractivity (Wildman–Crippen MR) is 76.6 cm³/mol. The van der Waals surface area contributed by atoms with E-state index in [1.165, 1.54) is 5.69 Å². The summed E-state index contributed by atoms with van der Waals surface area (Å²) in [7, 11) is 2.04. The van der Waals surface area contributed by atoms with Crippen LogP contribution in [0.1, 0.15) is 11.3 Å². The van der Waals surface area contributed by atoms with Crippen molar-refractivity contribution in [2.24, 2.45) is 7.05 Å². The molecular weight excluding hydrogens is 252 g/mol. The maximum atomic E-state index is 3.94. The molecule has 0 atom stereocenters. The molecule has 6 nitrogen and oxygen atoms in total. The molecule has 0 aliphatic carbocycles. The van der Waals surface area contributed by atoms with E-state index >= 15 is 0 Å². The van der Waals surface area contributed by atoms with Gasteiger partial charge in [-0.15, -0.1) is 5.10 Å². The van der Waals surface area contributed by atoms with E-state index in [1.807, 2.05) is 26.2 Å². The van der Waals surface area contributed by atoms with E-state index in [2.05, 4.69) is 49.7 Å². The molecule has 2 heterocycles. The Morgan fingerprint density at radius 3 is 2.85 bits per heavy atom. The smallest absolute Gasteiger partial charge is 0.143 e. The van der Waals surface area contributed by atoms with Crippen LogP contribution in [0, 0.1) is 6.92 Å². The summed E-state index contributed by atoms with van der Waals surface area (Å²) in [6, 6.07) is 10.3. The minimum Gasteiger partial charge on any atom is -0.379 e. The Labute approximate surface area is 117 Å². The fourth-order valence-corrected chi connectivity index (χ4v) is 2.11. The highest BCUT2D eigenvalue weighted by Crippen LogP contribution is 2.18. The largest absolute Gasteiger partial charge is 0.379 e. The van der Waals surface area contributed by atoms with Gasteiger partial charge in [-0.1, -0.05) is 6.07 Å². The Hall–Kier alpha value is -2.63. The zero-order valence-electron chi connectivity index (χ0n) is 11.5. The third-order valence-corrected chi connectivity index (χ3v) is 3.33. The molecular formula is C14H16N6. The topological polar surface area (TPSA) is 60.6 Å². The highest BCUT2D eigenvalue weighted by molar-refractivity contribution is 5.54. The van der Waals surface area contributed by atoms with Crippen molar-refractivity contribution in [1.29, 1.82) is 0 Å². The van der Waals surface area contributed by atoms with Crippen LogP contribution in [0.25, 0.3) is 5.69 Å². The molecule has 2 aromatic heterocycles. The second kappa shape index (κ2) is 5.16. The minimum absolute atomic E-state index is 0.779. The number of tetrazole rings is 1. The molecule has 0 aliphatic rings. The number of anilines is 1. The summed E-state index contributed by atoms with van der Waals surface area (Å²) >= 11 is 0. The van der Waals surface area contributed by atoms with Gasteiger partial charge in [-0.2, -0.15) is 0 Å². The van der Waals surface area contributed by atoms with Gasteiger partial charge in [0.1, 0.15) is 6.33 Å². The SMILES string of the molecule is Cc1ccc(NCc2cccn2C)cc1-n1cnnn1. The first-order chi connectivity index (χ1) is 9.74. The van der Waals surface area contributed by atoms with Crippen molar-refractivity contribution in [3.05, 3.63) is 54.1 Å². The summed E-state index contributed by atoms with van der Waals surface area (Å²) in [5, 5.41) is 14.7. The van der Waals surface area contributed by atoms with Crippen LogP contribution in [0.15, 0.2) is 42.9 Å². The average Bonchev–Trinajstić information content (AvgIpc) is 3.09. The minimum atomic E-state index is 0.779. The molecule has 20 heavy (non-hydrogen) atoms. The Balaban J connectivity index is 1.81. The van der Waals surface area contributed by atoms with Crippen molar-refractivity contribution < 1.29 is 0 Å². The van der Waals surface area contributed by atoms with E-state index in [9.17, 15) is 0 Å². The molecule has 0 bridgehead atoms. The molecule has 0 saturated heterocycles. The molecule has 0 radical (unpaired) electrons. The monoisotopic (exact) mass is 268 g/mol. The number of hydrogen-bond acceptors (Lipinski definition) is 4. The van der Waals surface area contributed by atoms with Gasteiger partial charge in [0, 0.05) is 24.6 Å². The van der Waals surface area contributed by atoms with Crippen molar-refractivity contribution >= 4 is 5.69 Å². The van der Waals surface area contributed by atoms with Crippen molar-refractivity contribution in [3.8, 4) is 5.69 Å². The number of rotatable bonds is 4. The van der Waals surface area contributed by atoms with Crippen LogP contribution in [-0.4, -0.2) is 24.8 Å². The van der Waals surface area contributed by atoms with E-state index < -0.39 is 0 Å². The van der Waals surface area contributed by atoms with E-state index in [0.29, 0.717) is 0 Å². The Kier molecular flexibility index (Phi) is 3.20. The van der Waals surface area contributed by atoms with E-state index in [1.54, 1.807) is 11.0 Å². The number of nitrogens with one attached hydrogen (secondary N) is 1. The van der Waals surface area contributed by atoms with E-state index in [4.69, 9.17) is 0 Å². The van der Waals surface area contributed by atoms with Crippen LogP contribution < -0.4 is 5.32 Å². The molecule has 0 spiro atoms. The lowest BCUT2D eigenvalue weighted by molar-refractivity contribution is 0.785. The first-order valence-electron chi connectivity index (χ1n) is 6.42. The Morgan fingerprint density at radius 2 is 2.15 bits per heavy atom. The van der Waals surface area contributed by atoms with Crippen LogP contribution in [0.2, 0.25) is 0 Å². The normalized spacial score (nSPS) is 10.7. The number of aromatic nitrogens is 5. The van der Waals surface area contributed by atoms with Crippen molar-refractivity contribution in [1.82, 2.24) is 24.8 Å². The van der Waals surface area contributed by atoms with Gasteiger partial charge in [-0.05, 0) is 47.2 Å². The summed E-state index contributed by atoms with van der Waals surface area (Å²) in [6.07, 6.45) is 3.64. The van der Waals surface area contributed by atoms with E-state index in [0.717, 1.165) is 23.5 Å². The fourth-order valence-electron chi connectivity index (χ4n) is 2.11. The van der Waals surface area contributed by atoms with Crippen LogP contribution in [0.4, 0.5) is 5.69 Å². The zero-order valence-corrected chi connectivity index (χ0v) is 11.5. The van der Waals surface area contributed by atoms with Gasteiger partial charge in [-0.25, -0.2) is 4.68 Å². The average molecular weight is 268 g/mol. The molecule has 0 aliphatic heterocycles. The third-order valence-electron chi connectivity index (χ3n) is 3.33.